The first-order valence-corrected chi connectivity index (χ1v) is 7.19. The van der Waals surface area contributed by atoms with Crippen LogP contribution in [-0.2, 0) is 6.61 Å². The van der Waals surface area contributed by atoms with Crippen LogP contribution in [0.5, 0.6) is 5.75 Å². The molecule has 0 unspecified atom stereocenters. The standard InChI is InChI=1S/C17H19N5O/c18-11-4-12-22(20)21-17(19)15-7-9-16(10-8-15)23-13-14-5-2-1-3-6-14/h1-3,5-10H,4,12-13,20H2,(H2,19,21). The number of hydrazone groups is 1. The maximum absolute atomic E-state index is 8.50. The van der Waals surface area contributed by atoms with E-state index in [1.165, 1.54) is 5.12 Å². The highest BCUT2D eigenvalue weighted by Crippen LogP contribution is 2.14. The highest BCUT2D eigenvalue weighted by Gasteiger charge is 2.02. The Morgan fingerprint density at radius 1 is 1.13 bits per heavy atom. The third kappa shape index (κ3) is 5.34. The fourth-order valence-corrected chi connectivity index (χ4v) is 1.87. The second-order valence-electron chi connectivity index (χ2n) is 4.86. The maximum atomic E-state index is 8.50. The first-order chi connectivity index (χ1) is 11.2. The van der Waals surface area contributed by atoms with E-state index in [0.717, 1.165) is 16.9 Å². The molecule has 0 amide bonds. The first kappa shape index (κ1) is 16.3. The van der Waals surface area contributed by atoms with E-state index < -0.39 is 0 Å². The fraction of sp³-hybridized carbons (Fsp3) is 0.176. The first-order valence-electron chi connectivity index (χ1n) is 7.19. The summed E-state index contributed by atoms with van der Waals surface area (Å²) in [6.45, 7) is 0.837. The number of benzene rings is 2. The van der Waals surface area contributed by atoms with E-state index in [4.69, 9.17) is 21.6 Å². The highest BCUT2D eigenvalue weighted by molar-refractivity contribution is 5.97. The quantitative estimate of drug-likeness (QED) is 0.352. The van der Waals surface area contributed by atoms with E-state index in [2.05, 4.69) is 5.10 Å². The smallest absolute Gasteiger partial charge is 0.152 e. The third-order valence-electron chi connectivity index (χ3n) is 3.09. The van der Waals surface area contributed by atoms with Crippen LogP contribution in [0.2, 0.25) is 0 Å². The van der Waals surface area contributed by atoms with Crippen LogP contribution in [-0.4, -0.2) is 17.5 Å². The summed E-state index contributed by atoms with van der Waals surface area (Å²) in [5.74, 6) is 6.67. The molecule has 0 fully saturated rings. The lowest BCUT2D eigenvalue weighted by molar-refractivity contribution is 0.305. The van der Waals surface area contributed by atoms with Gasteiger partial charge >= 0.3 is 0 Å². The van der Waals surface area contributed by atoms with Gasteiger partial charge in [0, 0.05) is 5.56 Å². The molecule has 2 aromatic carbocycles. The molecule has 6 nitrogen and oxygen atoms in total. The van der Waals surface area contributed by atoms with Gasteiger partial charge in [-0.2, -0.15) is 5.26 Å². The van der Waals surface area contributed by atoms with Gasteiger partial charge in [-0.3, -0.25) is 0 Å². The number of hydrogen-bond donors (Lipinski definition) is 2. The van der Waals surface area contributed by atoms with Crippen molar-refractivity contribution in [2.24, 2.45) is 16.7 Å². The molecule has 0 saturated carbocycles. The zero-order valence-electron chi connectivity index (χ0n) is 12.7. The summed E-state index contributed by atoms with van der Waals surface area (Å²) in [6.07, 6.45) is 0.291. The molecule has 4 N–H and O–H groups in total. The van der Waals surface area contributed by atoms with Crippen molar-refractivity contribution in [2.45, 2.75) is 13.0 Å². The predicted molar refractivity (Wildman–Crippen MR) is 89.1 cm³/mol. The number of nitrogens with zero attached hydrogens (tertiary/aromatic N) is 3. The molecule has 0 heterocycles. The largest absolute Gasteiger partial charge is 0.489 e. The molecular formula is C17H19N5O. The summed E-state index contributed by atoms with van der Waals surface area (Å²) < 4.78 is 5.71. The number of nitriles is 1. The fourth-order valence-electron chi connectivity index (χ4n) is 1.87. The lowest BCUT2D eigenvalue weighted by atomic mass is 10.2. The van der Waals surface area contributed by atoms with E-state index in [9.17, 15) is 0 Å². The molecule has 0 aliphatic rings. The van der Waals surface area contributed by atoms with Gasteiger partial charge in [0.05, 0.1) is 19.0 Å². The molecule has 118 valence electrons. The van der Waals surface area contributed by atoms with Crippen molar-refractivity contribution in [3.8, 4) is 11.8 Å². The number of rotatable bonds is 7. The van der Waals surface area contributed by atoms with E-state index in [1.54, 1.807) is 0 Å². The number of hydrazine groups is 1. The molecule has 2 rings (SSSR count). The van der Waals surface area contributed by atoms with Crippen LogP contribution in [0.25, 0.3) is 0 Å². The zero-order chi connectivity index (χ0) is 16.5. The van der Waals surface area contributed by atoms with Crippen LogP contribution in [0, 0.1) is 11.3 Å². The third-order valence-corrected chi connectivity index (χ3v) is 3.09. The maximum Gasteiger partial charge on any atom is 0.152 e. The second-order valence-corrected chi connectivity index (χ2v) is 4.86. The minimum atomic E-state index is 0.291. The van der Waals surface area contributed by atoms with Crippen LogP contribution in [0.1, 0.15) is 17.5 Å². The zero-order valence-corrected chi connectivity index (χ0v) is 12.7. The van der Waals surface area contributed by atoms with Gasteiger partial charge in [-0.25, -0.2) is 11.0 Å². The Hall–Kier alpha value is -3.04. The van der Waals surface area contributed by atoms with Crippen LogP contribution in [0.4, 0.5) is 0 Å². The molecule has 6 heteroatoms. The summed E-state index contributed by atoms with van der Waals surface area (Å²) in [5, 5.41) is 13.7. The summed E-state index contributed by atoms with van der Waals surface area (Å²) >= 11 is 0. The molecule has 0 bridgehead atoms. The van der Waals surface area contributed by atoms with Crippen molar-refractivity contribution in [3.05, 3.63) is 65.7 Å². The predicted octanol–water partition coefficient (Wildman–Crippen LogP) is 1.98. The monoisotopic (exact) mass is 309 g/mol. The summed E-state index contributed by atoms with van der Waals surface area (Å²) in [4.78, 5) is 0. The van der Waals surface area contributed by atoms with Crippen molar-refractivity contribution < 1.29 is 4.74 Å². The molecule has 0 aromatic heterocycles. The van der Waals surface area contributed by atoms with Crippen LogP contribution in [0.3, 0.4) is 0 Å². The minimum absolute atomic E-state index is 0.291. The van der Waals surface area contributed by atoms with Crippen LogP contribution in [0.15, 0.2) is 59.7 Å². The molecule has 2 aromatic rings. The van der Waals surface area contributed by atoms with Gasteiger partial charge in [0.15, 0.2) is 5.84 Å². The Morgan fingerprint density at radius 2 is 1.83 bits per heavy atom. The molecule has 0 aliphatic carbocycles. The van der Waals surface area contributed by atoms with Crippen LogP contribution < -0.4 is 16.3 Å². The highest BCUT2D eigenvalue weighted by atomic mass is 16.5. The number of nitrogens with two attached hydrogens (primary N) is 2. The molecule has 0 atom stereocenters. The van der Waals surface area contributed by atoms with E-state index >= 15 is 0 Å². The van der Waals surface area contributed by atoms with Gasteiger partial charge in [-0.15, -0.1) is 5.10 Å². The normalized spacial score (nSPS) is 10.9. The Balaban J connectivity index is 1.93. The molecule has 0 saturated heterocycles. The summed E-state index contributed by atoms with van der Waals surface area (Å²) in [5.41, 5.74) is 7.73. The van der Waals surface area contributed by atoms with E-state index in [1.807, 2.05) is 60.7 Å². The van der Waals surface area contributed by atoms with Crippen molar-refractivity contribution in [2.75, 3.05) is 6.54 Å². The number of hydrogen-bond acceptors (Lipinski definition) is 5. The Labute approximate surface area is 135 Å². The number of amidine groups is 1. The van der Waals surface area contributed by atoms with Crippen LogP contribution >= 0.6 is 0 Å². The molecular weight excluding hydrogens is 290 g/mol. The Morgan fingerprint density at radius 3 is 2.48 bits per heavy atom. The number of ether oxygens (including phenoxy) is 1. The summed E-state index contributed by atoms with van der Waals surface area (Å²) in [7, 11) is 0. The van der Waals surface area contributed by atoms with Gasteiger partial charge in [-0.1, -0.05) is 30.3 Å². The average molecular weight is 309 g/mol. The van der Waals surface area contributed by atoms with E-state index in [0.29, 0.717) is 25.4 Å². The molecule has 0 aliphatic heterocycles. The topological polar surface area (TPSA) is 101 Å². The van der Waals surface area contributed by atoms with Crippen molar-refractivity contribution >= 4 is 5.84 Å². The minimum Gasteiger partial charge on any atom is -0.489 e. The average Bonchev–Trinajstić information content (AvgIpc) is 2.59. The molecule has 23 heavy (non-hydrogen) atoms. The molecule has 0 radical (unpaired) electrons. The van der Waals surface area contributed by atoms with Crippen molar-refractivity contribution in [3.63, 3.8) is 0 Å². The Bertz CT molecular complexity index is 676. The SMILES string of the molecule is N#CCCN(N)/N=C(\N)c1ccc(OCc2ccccc2)cc1. The van der Waals surface area contributed by atoms with Gasteiger partial charge in [0.2, 0.25) is 0 Å². The molecule has 0 spiro atoms. The second kappa shape index (κ2) is 8.41. The van der Waals surface area contributed by atoms with Crippen molar-refractivity contribution in [1.82, 2.24) is 5.12 Å². The Kier molecular flexibility index (Phi) is 5.98. The van der Waals surface area contributed by atoms with E-state index in [-0.39, 0.29) is 0 Å². The van der Waals surface area contributed by atoms with Gasteiger partial charge in [0.1, 0.15) is 12.4 Å². The lowest BCUT2D eigenvalue weighted by Crippen LogP contribution is -2.30. The lowest BCUT2D eigenvalue weighted by Gasteiger charge is -2.12. The van der Waals surface area contributed by atoms with Gasteiger partial charge < -0.3 is 10.5 Å². The van der Waals surface area contributed by atoms with Crippen molar-refractivity contribution in [1.29, 1.82) is 5.26 Å². The van der Waals surface area contributed by atoms with Gasteiger partial charge in [0.25, 0.3) is 0 Å². The summed E-state index contributed by atoms with van der Waals surface area (Å²) in [6, 6.07) is 19.2. The van der Waals surface area contributed by atoms with Gasteiger partial charge in [-0.05, 0) is 29.8 Å².